The molecule has 1 saturated heterocycles. The topological polar surface area (TPSA) is 15.3 Å². The maximum atomic E-state index is 4.19. The molecule has 0 aromatic heterocycles. The summed E-state index contributed by atoms with van der Waals surface area (Å²) in [6.07, 6.45) is 0. The van der Waals surface area contributed by atoms with Crippen LogP contribution in [0.3, 0.4) is 0 Å². The van der Waals surface area contributed by atoms with Gasteiger partial charge < -0.3 is 5.32 Å². The van der Waals surface area contributed by atoms with Gasteiger partial charge in [0.15, 0.2) is 0 Å². The second-order valence-electron chi connectivity index (χ2n) is 4.34. The van der Waals surface area contributed by atoms with E-state index in [1.54, 1.807) is 0 Å². The molecule has 1 aromatic rings. The summed E-state index contributed by atoms with van der Waals surface area (Å²) in [5.41, 5.74) is 2.47. The number of rotatable bonds is 5. The van der Waals surface area contributed by atoms with Gasteiger partial charge in [-0.05, 0) is 17.7 Å². The van der Waals surface area contributed by atoms with Crippen molar-refractivity contribution >= 4 is 5.57 Å². The van der Waals surface area contributed by atoms with Gasteiger partial charge in [0.05, 0.1) is 0 Å². The van der Waals surface area contributed by atoms with Crippen LogP contribution in [0.15, 0.2) is 36.9 Å². The van der Waals surface area contributed by atoms with Gasteiger partial charge in [0.2, 0.25) is 0 Å². The van der Waals surface area contributed by atoms with Crippen LogP contribution in [0, 0.1) is 0 Å². The summed E-state index contributed by atoms with van der Waals surface area (Å²) in [5, 5.41) is 3.32. The SMILES string of the molecule is C=C(CN(CC)C1CNC1)c1ccccc1. The van der Waals surface area contributed by atoms with E-state index in [-0.39, 0.29) is 0 Å². The number of hydrogen-bond acceptors (Lipinski definition) is 2. The number of hydrogen-bond donors (Lipinski definition) is 1. The zero-order chi connectivity index (χ0) is 11.4. The Balaban J connectivity index is 1.95. The smallest absolute Gasteiger partial charge is 0.0348 e. The van der Waals surface area contributed by atoms with E-state index in [0.717, 1.165) is 26.2 Å². The zero-order valence-corrected chi connectivity index (χ0v) is 9.95. The van der Waals surface area contributed by atoms with Crippen LogP contribution >= 0.6 is 0 Å². The lowest BCUT2D eigenvalue weighted by Crippen LogP contribution is -2.57. The molecule has 1 aliphatic rings. The lowest BCUT2D eigenvalue weighted by Gasteiger charge is -2.38. The predicted molar refractivity (Wildman–Crippen MR) is 69.4 cm³/mol. The van der Waals surface area contributed by atoms with Crippen LogP contribution in [0.4, 0.5) is 0 Å². The van der Waals surface area contributed by atoms with E-state index in [1.807, 2.05) is 6.07 Å². The van der Waals surface area contributed by atoms with Crippen molar-refractivity contribution in [1.29, 1.82) is 0 Å². The lowest BCUT2D eigenvalue weighted by molar-refractivity contribution is 0.172. The molecule has 2 nitrogen and oxygen atoms in total. The number of nitrogens with zero attached hydrogens (tertiary/aromatic N) is 1. The van der Waals surface area contributed by atoms with E-state index in [9.17, 15) is 0 Å². The summed E-state index contributed by atoms with van der Waals surface area (Å²) in [7, 11) is 0. The molecular weight excluding hydrogens is 196 g/mol. The van der Waals surface area contributed by atoms with Crippen molar-refractivity contribution in [3.05, 3.63) is 42.5 Å². The van der Waals surface area contributed by atoms with Gasteiger partial charge in [0.25, 0.3) is 0 Å². The molecule has 0 radical (unpaired) electrons. The minimum absolute atomic E-state index is 0.700. The molecular formula is C14H20N2. The van der Waals surface area contributed by atoms with Crippen molar-refractivity contribution in [3.63, 3.8) is 0 Å². The van der Waals surface area contributed by atoms with Gasteiger partial charge in [-0.25, -0.2) is 0 Å². The second kappa shape index (κ2) is 5.28. The molecule has 0 saturated carbocycles. The summed E-state index contributed by atoms with van der Waals surface area (Å²) in [4.78, 5) is 2.49. The molecule has 1 heterocycles. The Labute approximate surface area is 98.0 Å². The third-order valence-electron chi connectivity index (χ3n) is 3.26. The minimum Gasteiger partial charge on any atom is -0.314 e. The third-order valence-corrected chi connectivity index (χ3v) is 3.26. The summed E-state index contributed by atoms with van der Waals surface area (Å²) in [6.45, 7) is 10.7. The highest BCUT2D eigenvalue weighted by Crippen LogP contribution is 2.15. The van der Waals surface area contributed by atoms with E-state index in [0.29, 0.717) is 6.04 Å². The summed E-state index contributed by atoms with van der Waals surface area (Å²) >= 11 is 0. The van der Waals surface area contributed by atoms with Crippen LogP contribution in [-0.2, 0) is 0 Å². The van der Waals surface area contributed by atoms with Crippen LogP contribution < -0.4 is 5.32 Å². The average Bonchev–Trinajstić information content (AvgIpc) is 2.26. The Morgan fingerprint density at radius 1 is 1.38 bits per heavy atom. The Morgan fingerprint density at radius 2 is 2.06 bits per heavy atom. The first-order chi connectivity index (χ1) is 7.81. The molecule has 1 fully saturated rings. The number of likely N-dealkylation sites (N-methyl/N-ethyl adjacent to an activating group) is 1. The largest absolute Gasteiger partial charge is 0.314 e. The fraction of sp³-hybridized carbons (Fsp3) is 0.429. The fourth-order valence-corrected chi connectivity index (χ4v) is 2.04. The first kappa shape index (κ1) is 11.4. The van der Waals surface area contributed by atoms with Crippen molar-refractivity contribution < 1.29 is 0 Å². The molecule has 1 N–H and O–H groups in total. The van der Waals surface area contributed by atoms with Crippen molar-refractivity contribution in [1.82, 2.24) is 10.2 Å². The normalized spacial score (nSPS) is 16.1. The van der Waals surface area contributed by atoms with Crippen molar-refractivity contribution in [2.75, 3.05) is 26.2 Å². The summed E-state index contributed by atoms with van der Waals surface area (Å²) in [6, 6.07) is 11.2. The average molecular weight is 216 g/mol. The van der Waals surface area contributed by atoms with Crippen molar-refractivity contribution in [3.8, 4) is 0 Å². The lowest BCUT2D eigenvalue weighted by atomic mass is 10.0. The van der Waals surface area contributed by atoms with Gasteiger partial charge in [-0.2, -0.15) is 0 Å². The highest BCUT2D eigenvalue weighted by atomic mass is 15.2. The predicted octanol–water partition coefficient (Wildman–Crippen LogP) is 1.99. The second-order valence-corrected chi connectivity index (χ2v) is 4.34. The number of nitrogens with one attached hydrogen (secondary N) is 1. The maximum Gasteiger partial charge on any atom is 0.0348 e. The van der Waals surface area contributed by atoms with Crippen molar-refractivity contribution in [2.24, 2.45) is 0 Å². The third kappa shape index (κ3) is 2.52. The van der Waals surface area contributed by atoms with Gasteiger partial charge in [0.1, 0.15) is 0 Å². The number of benzene rings is 1. The Hall–Kier alpha value is -1.12. The first-order valence-electron chi connectivity index (χ1n) is 5.99. The zero-order valence-electron chi connectivity index (χ0n) is 9.95. The first-order valence-corrected chi connectivity index (χ1v) is 5.99. The van der Waals surface area contributed by atoms with E-state index in [4.69, 9.17) is 0 Å². The van der Waals surface area contributed by atoms with E-state index in [1.165, 1.54) is 11.1 Å². The van der Waals surface area contributed by atoms with Crippen LogP contribution in [-0.4, -0.2) is 37.1 Å². The molecule has 86 valence electrons. The summed E-state index contributed by atoms with van der Waals surface area (Å²) in [5.74, 6) is 0. The quantitative estimate of drug-likeness (QED) is 0.810. The molecule has 16 heavy (non-hydrogen) atoms. The molecule has 1 aliphatic heterocycles. The Bertz CT molecular complexity index is 341. The molecule has 0 atom stereocenters. The van der Waals surface area contributed by atoms with Crippen LogP contribution in [0.5, 0.6) is 0 Å². The molecule has 0 unspecified atom stereocenters. The Kier molecular flexibility index (Phi) is 3.75. The van der Waals surface area contributed by atoms with Gasteiger partial charge >= 0.3 is 0 Å². The highest BCUT2D eigenvalue weighted by Gasteiger charge is 2.23. The van der Waals surface area contributed by atoms with Gasteiger partial charge in [-0.15, -0.1) is 0 Å². The molecule has 2 heteroatoms. The minimum atomic E-state index is 0.700. The van der Waals surface area contributed by atoms with E-state index in [2.05, 4.69) is 48.0 Å². The van der Waals surface area contributed by atoms with Crippen LogP contribution in [0.1, 0.15) is 12.5 Å². The van der Waals surface area contributed by atoms with Gasteiger partial charge in [0, 0.05) is 25.7 Å². The van der Waals surface area contributed by atoms with E-state index < -0.39 is 0 Å². The highest BCUT2D eigenvalue weighted by molar-refractivity contribution is 5.64. The monoisotopic (exact) mass is 216 g/mol. The van der Waals surface area contributed by atoms with Crippen LogP contribution in [0.25, 0.3) is 5.57 Å². The standard InChI is InChI=1S/C14H20N2/c1-3-16(14-9-15-10-14)11-12(2)13-7-5-4-6-8-13/h4-8,14-15H,2-3,9-11H2,1H3. The molecule has 0 aliphatic carbocycles. The molecule has 1 aromatic carbocycles. The molecule has 2 rings (SSSR count). The fourth-order valence-electron chi connectivity index (χ4n) is 2.04. The molecule has 0 amide bonds. The van der Waals surface area contributed by atoms with Crippen LogP contribution in [0.2, 0.25) is 0 Å². The van der Waals surface area contributed by atoms with Gasteiger partial charge in [-0.3, -0.25) is 4.90 Å². The maximum absolute atomic E-state index is 4.19. The van der Waals surface area contributed by atoms with Crippen molar-refractivity contribution in [2.45, 2.75) is 13.0 Å². The Morgan fingerprint density at radius 3 is 2.56 bits per heavy atom. The summed E-state index contributed by atoms with van der Waals surface area (Å²) < 4.78 is 0. The molecule has 0 bridgehead atoms. The van der Waals surface area contributed by atoms with E-state index >= 15 is 0 Å². The molecule has 0 spiro atoms. The van der Waals surface area contributed by atoms with Gasteiger partial charge in [-0.1, -0.05) is 43.8 Å².